The second-order valence-corrected chi connectivity index (χ2v) is 10.8. The zero-order chi connectivity index (χ0) is 23.9. The number of aromatic nitrogens is 1. The summed E-state index contributed by atoms with van der Waals surface area (Å²) in [4.78, 5) is 56.4. The number of nitrogens with one attached hydrogen (secondary N) is 2. The monoisotopic (exact) mass is 468 g/mol. The third kappa shape index (κ3) is 4.98. The summed E-state index contributed by atoms with van der Waals surface area (Å²) in [5.74, 6) is -0.859. The molecule has 33 heavy (non-hydrogen) atoms. The predicted molar refractivity (Wildman–Crippen MR) is 127 cm³/mol. The topological polar surface area (TPSA) is 108 Å². The fraction of sp³-hybridized carbons (Fsp3) is 0.458. The Balaban J connectivity index is 1.37. The van der Waals surface area contributed by atoms with Crippen LogP contribution < -0.4 is 10.6 Å². The summed E-state index contributed by atoms with van der Waals surface area (Å²) in [6.07, 6.45) is 1.39. The van der Waals surface area contributed by atoms with Crippen LogP contribution >= 0.6 is 11.3 Å². The van der Waals surface area contributed by atoms with E-state index in [2.05, 4.69) is 15.6 Å². The molecule has 2 N–H and O–H groups in total. The van der Waals surface area contributed by atoms with Gasteiger partial charge in [0, 0.05) is 36.7 Å². The highest BCUT2D eigenvalue weighted by atomic mass is 32.1. The Hall–Kier alpha value is -3.07. The van der Waals surface area contributed by atoms with Crippen molar-refractivity contribution < 1.29 is 19.2 Å². The van der Waals surface area contributed by atoms with Gasteiger partial charge < -0.3 is 10.2 Å². The molecule has 0 saturated carbocycles. The summed E-state index contributed by atoms with van der Waals surface area (Å²) < 4.78 is 0. The van der Waals surface area contributed by atoms with Crippen molar-refractivity contribution in [2.45, 2.75) is 53.0 Å². The van der Waals surface area contributed by atoms with E-state index in [1.807, 2.05) is 27.7 Å². The number of ketones is 1. The molecule has 9 heteroatoms. The van der Waals surface area contributed by atoms with Crippen molar-refractivity contribution >= 4 is 45.7 Å². The van der Waals surface area contributed by atoms with E-state index in [1.54, 1.807) is 29.2 Å². The van der Waals surface area contributed by atoms with Crippen molar-refractivity contribution in [3.8, 4) is 0 Å². The first kappa shape index (κ1) is 23.1. The largest absolute Gasteiger partial charge is 0.339 e. The minimum absolute atomic E-state index is 0.00806. The van der Waals surface area contributed by atoms with Crippen molar-refractivity contribution in [1.29, 1.82) is 0 Å². The lowest BCUT2D eigenvalue weighted by Gasteiger charge is -2.26. The first-order chi connectivity index (χ1) is 15.5. The molecule has 174 valence electrons. The predicted octanol–water partition coefficient (Wildman–Crippen LogP) is 3.75. The normalized spacial score (nSPS) is 19.5. The van der Waals surface area contributed by atoms with Gasteiger partial charge in [0.15, 0.2) is 10.9 Å². The standard InChI is InChI=1S/C24H28N4O4S/c1-13(2)28-12-15(9-19(28)30)22(32)25-16-7-5-14(6-8-16)21(31)27-23-26-17-10-24(3,4)11-18(29)20(17)33-23/h5-8,13,15H,9-12H2,1-4H3,(H,25,32)(H,26,27,31). The van der Waals surface area contributed by atoms with Gasteiger partial charge in [-0.25, -0.2) is 4.98 Å². The number of anilines is 2. The van der Waals surface area contributed by atoms with Crippen LogP contribution in [-0.4, -0.2) is 46.0 Å². The van der Waals surface area contributed by atoms with Gasteiger partial charge in [0.05, 0.1) is 16.5 Å². The third-order valence-corrected chi connectivity index (χ3v) is 7.08. The Morgan fingerprint density at radius 3 is 2.45 bits per heavy atom. The maximum absolute atomic E-state index is 12.7. The maximum atomic E-state index is 12.7. The molecule has 3 amide bonds. The number of rotatable bonds is 5. The number of Topliss-reactive ketones (excluding diaryl/α,β-unsaturated/α-hetero) is 1. The summed E-state index contributed by atoms with van der Waals surface area (Å²) in [6.45, 7) is 8.36. The average Bonchev–Trinajstić information content (AvgIpc) is 3.31. The average molecular weight is 469 g/mol. The van der Waals surface area contributed by atoms with Gasteiger partial charge in [-0.2, -0.15) is 0 Å². The van der Waals surface area contributed by atoms with Crippen molar-refractivity contribution in [3.05, 3.63) is 40.4 Å². The van der Waals surface area contributed by atoms with Gasteiger partial charge in [0.2, 0.25) is 11.8 Å². The van der Waals surface area contributed by atoms with Gasteiger partial charge in [0.1, 0.15) is 0 Å². The molecule has 1 aliphatic heterocycles. The molecule has 1 aromatic heterocycles. The molecule has 4 rings (SSSR count). The number of amides is 3. The van der Waals surface area contributed by atoms with Crippen molar-refractivity contribution in [1.82, 2.24) is 9.88 Å². The Kier molecular flexibility index (Phi) is 6.09. The molecule has 2 aromatic rings. The SMILES string of the molecule is CC(C)N1CC(C(=O)Nc2ccc(C(=O)Nc3nc4c(s3)C(=O)CC(C)(C)C4)cc2)CC1=O. The highest BCUT2D eigenvalue weighted by Crippen LogP contribution is 2.38. The van der Waals surface area contributed by atoms with Crippen LogP contribution in [0.2, 0.25) is 0 Å². The molecule has 2 heterocycles. The minimum atomic E-state index is -0.383. The van der Waals surface area contributed by atoms with E-state index >= 15 is 0 Å². The van der Waals surface area contributed by atoms with Gasteiger partial charge in [-0.1, -0.05) is 25.2 Å². The number of benzene rings is 1. The molecular formula is C24H28N4O4S. The van der Waals surface area contributed by atoms with Crippen molar-refractivity contribution in [2.24, 2.45) is 11.3 Å². The number of carbonyl (C=O) groups excluding carboxylic acids is 4. The van der Waals surface area contributed by atoms with Gasteiger partial charge in [0.25, 0.3) is 5.91 Å². The van der Waals surface area contributed by atoms with E-state index in [4.69, 9.17) is 0 Å². The number of nitrogens with zero attached hydrogens (tertiary/aromatic N) is 2. The Labute approximate surface area is 196 Å². The van der Waals surface area contributed by atoms with E-state index in [0.29, 0.717) is 40.6 Å². The molecule has 1 saturated heterocycles. The zero-order valence-electron chi connectivity index (χ0n) is 19.2. The van der Waals surface area contributed by atoms with E-state index in [1.165, 1.54) is 11.3 Å². The molecule has 0 spiro atoms. The Morgan fingerprint density at radius 2 is 1.82 bits per heavy atom. The number of hydrogen-bond acceptors (Lipinski definition) is 6. The molecule has 1 atom stereocenters. The number of thiazole rings is 1. The highest BCUT2D eigenvalue weighted by Gasteiger charge is 2.36. The van der Waals surface area contributed by atoms with Crippen LogP contribution in [0.1, 0.15) is 66.3 Å². The highest BCUT2D eigenvalue weighted by molar-refractivity contribution is 7.17. The first-order valence-electron chi connectivity index (χ1n) is 11.1. The number of hydrogen-bond donors (Lipinski definition) is 2. The second-order valence-electron chi connectivity index (χ2n) is 9.80. The lowest BCUT2D eigenvalue weighted by Crippen LogP contribution is -2.33. The third-order valence-electron chi connectivity index (χ3n) is 6.02. The fourth-order valence-electron chi connectivity index (χ4n) is 4.30. The Bertz CT molecular complexity index is 1120. The van der Waals surface area contributed by atoms with E-state index in [9.17, 15) is 19.2 Å². The molecule has 1 fully saturated rings. The molecular weight excluding hydrogens is 440 g/mol. The number of fused-ring (bicyclic) bond motifs is 1. The molecule has 2 aliphatic rings. The molecule has 1 aromatic carbocycles. The summed E-state index contributed by atoms with van der Waals surface area (Å²) >= 11 is 1.21. The first-order valence-corrected chi connectivity index (χ1v) is 11.9. The van der Waals surface area contributed by atoms with Crippen LogP contribution in [0.15, 0.2) is 24.3 Å². The summed E-state index contributed by atoms with van der Waals surface area (Å²) in [7, 11) is 0. The molecule has 1 aliphatic carbocycles. The van der Waals surface area contributed by atoms with Crippen molar-refractivity contribution in [3.63, 3.8) is 0 Å². The molecule has 1 unspecified atom stereocenters. The van der Waals surface area contributed by atoms with Gasteiger partial charge in [-0.15, -0.1) is 0 Å². The van der Waals surface area contributed by atoms with Crippen LogP contribution in [0.4, 0.5) is 10.8 Å². The minimum Gasteiger partial charge on any atom is -0.339 e. The lowest BCUT2D eigenvalue weighted by molar-refractivity contribution is -0.129. The fourth-order valence-corrected chi connectivity index (χ4v) is 5.21. The number of likely N-dealkylation sites (tertiary alicyclic amines) is 1. The summed E-state index contributed by atoms with van der Waals surface area (Å²) in [6, 6.07) is 6.62. The van der Waals surface area contributed by atoms with Crippen molar-refractivity contribution in [2.75, 3.05) is 17.2 Å². The lowest BCUT2D eigenvalue weighted by atomic mass is 9.78. The zero-order valence-corrected chi connectivity index (χ0v) is 20.0. The molecule has 0 bridgehead atoms. The van der Waals surface area contributed by atoms with E-state index in [0.717, 1.165) is 5.69 Å². The maximum Gasteiger partial charge on any atom is 0.257 e. The quantitative estimate of drug-likeness (QED) is 0.695. The van der Waals surface area contributed by atoms with Crippen LogP contribution in [0.25, 0.3) is 0 Å². The van der Waals surface area contributed by atoms with Crippen LogP contribution in [0, 0.1) is 11.3 Å². The Morgan fingerprint density at radius 1 is 1.12 bits per heavy atom. The van der Waals surface area contributed by atoms with Crippen LogP contribution in [0.5, 0.6) is 0 Å². The van der Waals surface area contributed by atoms with Gasteiger partial charge in [-0.3, -0.25) is 24.5 Å². The number of carbonyl (C=O) groups is 4. The molecule has 8 nitrogen and oxygen atoms in total. The van der Waals surface area contributed by atoms with Gasteiger partial charge in [-0.05, 0) is 49.9 Å². The van der Waals surface area contributed by atoms with Crippen LogP contribution in [-0.2, 0) is 16.0 Å². The van der Waals surface area contributed by atoms with Crippen LogP contribution in [0.3, 0.4) is 0 Å². The van der Waals surface area contributed by atoms with E-state index < -0.39 is 0 Å². The second kappa shape index (κ2) is 8.70. The molecule has 0 radical (unpaired) electrons. The summed E-state index contributed by atoms with van der Waals surface area (Å²) in [5, 5.41) is 6.01. The van der Waals surface area contributed by atoms with Gasteiger partial charge >= 0.3 is 0 Å². The summed E-state index contributed by atoms with van der Waals surface area (Å²) in [5.41, 5.74) is 1.59. The van der Waals surface area contributed by atoms with E-state index in [-0.39, 0.29) is 47.3 Å². The smallest absolute Gasteiger partial charge is 0.257 e.